The van der Waals surface area contributed by atoms with Crippen molar-refractivity contribution in [2.45, 2.75) is 5.16 Å². The number of hydrogen-bond acceptors (Lipinski definition) is 7. The van der Waals surface area contributed by atoms with E-state index in [1.54, 1.807) is 20.4 Å². The van der Waals surface area contributed by atoms with E-state index >= 15 is 0 Å². The minimum Gasteiger partial charge on any atom is -0.497 e. The highest BCUT2D eigenvalue weighted by molar-refractivity contribution is 7.99. The Morgan fingerprint density at radius 2 is 1.59 bits per heavy atom. The van der Waals surface area contributed by atoms with Gasteiger partial charge in [-0.1, -0.05) is 30.0 Å². The van der Waals surface area contributed by atoms with Gasteiger partial charge in [0.1, 0.15) is 11.5 Å². The Kier molecular flexibility index (Phi) is 7.56. The Morgan fingerprint density at radius 3 is 2.24 bits per heavy atom. The van der Waals surface area contributed by atoms with Gasteiger partial charge < -0.3 is 9.47 Å². The van der Waals surface area contributed by atoms with Crippen LogP contribution in [0.3, 0.4) is 0 Å². The Morgan fingerprint density at radius 1 is 0.941 bits per heavy atom. The van der Waals surface area contributed by atoms with E-state index < -0.39 is 0 Å². The molecule has 0 aliphatic rings. The van der Waals surface area contributed by atoms with Crippen molar-refractivity contribution in [2.75, 3.05) is 20.0 Å². The summed E-state index contributed by atoms with van der Waals surface area (Å²) in [4.78, 5) is 12.4. The molecule has 1 amide bonds. The minimum absolute atomic E-state index is 0.132. The first-order valence-electron chi connectivity index (χ1n) is 10.4. The zero-order chi connectivity index (χ0) is 23.8. The molecule has 0 atom stereocenters. The normalized spacial score (nSPS) is 10.9. The molecular formula is C25H23N5O3S. The number of methoxy groups -OCH3 is 2. The quantitative estimate of drug-likeness (QED) is 0.223. The van der Waals surface area contributed by atoms with Gasteiger partial charge in [-0.25, -0.2) is 5.43 Å². The second-order valence-corrected chi connectivity index (χ2v) is 8.00. The number of carbonyl (C=O) groups excluding carboxylic acids is 1. The highest BCUT2D eigenvalue weighted by Crippen LogP contribution is 2.28. The van der Waals surface area contributed by atoms with Crippen molar-refractivity contribution in [2.24, 2.45) is 5.10 Å². The largest absolute Gasteiger partial charge is 0.497 e. The van der Waals surface area contributed by atoms with Gasteiger partial charge in [0.2, 0.25) is 0 Å². The zero-order valence-corrected chi connectivity index (χ0v) is 19.5. The van der Waals surface area contributed by atoms with Crippen molar-refractivity contribution in [1.29, 1.82) is 0 Å². The van der Waals surface area contributed by atoms with Gasteiger partial charge in [0, 0.05) is 11.3 Å². The maximum atomic E-state index is 12.4. The number of aromatic nitrogens is 3. The van der Waals surface area contributed by atoms with Gasteiger partial charge in [-0.3, -0.25) is 9.36 Å². The van der Waals surface area contributed by atoms with E-state index in [1.807, 2.05) is 83.4 Å². The van der Waals surface area contributed by atoms with E-state index in [0.717, 1.165) is 28.3 Å². The van der Waals surface area contributed by atoms with Gasteiger partial charge in [-0.15, -0.1) is 10.2 Å². The van der Waals surface area contributed by atoms with Crippen molar-refractivity contribution in [3.63, 3.8) is 0 Å². The van der Waals surface area contributed by atoms with Gasteiger partial charge in [0.15, 0.2) is 11.0 Å². The van der Waals surface area contributed by atoms with Crippen LogP contribution in [0.1, 0.15) is 5.56 Å². The molecule has 4 rings (SSSR count). The first kappa shape index (κ1) is 23.1. The Bertz CT molecular complexity index is 1260. The van der Waals surface area contributed by atoms with Crippen molar-refractivity contribution in [3.8, 4) is 28.6 Å². The summed E-state index contributed by atoms with van der Waals surface area (Å²) < 4.78 is 12.3. The van der Waals surface area contributed by atoms with Crippen LogP contribution in [0, 0.1) is 0 Å². The Hall–Kier alpha value is -4.11. The lowest BCUT2D eigenvalue weighted by molar-refractivity contribution is -0.118. The van der Waals surface area contributed by atoms with Crippen molar-refractivity contribution >= 4 is 23.9 Å². The summed E-state index contributed by atoms with van der Waals surface area (Å²) in [6, 6.07) is 24.8. The molecule has 34 heavy (non-hydrogen) atoms. The van der Waals surface area contributed by atoms with E-state index in [1.165, 1.54) is 11.8 Å². The first-order valence-corrected chi connectivity index (χ1v) is 11.4. The third-order valence-corrected chi connectivity index (χ3v) is 5.78. The number of para-hydroxylation sites is 1. The van der Waals surface area contributed by atoms with Crippen LogP contribution in [0.25, 0.3) is 17.1 Å². The molecule has 3 aromatic carbocycles. The van der Waals surface area contributed by atoms with E-state index in [4.69, 9.17) is 9.47 Å². The number of hydrazone groups is 1. The van der Waals surface area contributed by atoms with Crippen molar-refractivity contribution in [3.05, 3.63) is 84.4 Å². The summed E-state index contributed by atoms with van der Waals surface area (Å²) >= 11 is 1.29. The van der Waals surface area contributed by atoms with Crippen LogP contribution in [0.15, 0.2) is 89.1 Å². The van der Waals surface area contributed by atoms with E-state index in [2.05, 4.69) is 20.7 Å². The third-order valence-electron chi connectivity index (χ3n) is 4.85. The molecule has 0 fully saturated rings. The molecule has 9 heteroatoms. The zero-order valence-electron chi connectivity index (χ0n) is 18.7. The second-order valence-electron chi connectivity index (χ2n) is 7.06. The molecule has 0 saturated carbocycles. The van der Waals surface area contributed by atoms with Crippen molar-refractivity contribution in [1.82, 2.24) is 20.2 Å². The van der Waals surface area contributed by atoms with Gasteiger partial charge >= 0.3 is 0 Å². The summed E-state index contributed by atoms with van der Waals surface area (Å²) in [5.41, 5.74) is 5.18. The fourth-order valence-electron chi connectivity index (χ4n) is 3.13. The molecular weight excluding hydrogens is 450 g/mol. The van der Waals surface area contributed by atoms with Crippen LogP contribution >= 0.6 is 11.8 Å². The standard InChI is InChI=1S/C25H23N5O3S/c1-32-21-12-8-18(9-13-21)16-26-27-23(31)17-34-25-29-28-24(19-10-14-22(33-2)15-11-19)30(25)20-6-4-3-5-7-20/h3-16H,17H2,1-2H3,(H,27,31)/b26-16-. The highest BCUT2D eigenvalue weighted by Gasteiger charge is 2.17. The van der Waals surface area contributed by atoms with E-state index in [9.17, 15) is 4.79 Å². The number of thioether (sulfide) groups is 1. The van der Waals surface area contributed by atoms with Gasteiger partial charge in [-0.05, 0) is 66.2 Å². The van der Waals surface area contributed by atoms with Crippen LogP contribution in [-0.4, -0.2) is 46.9 Å². The lowest BCUT2D eigenvalue weighted by Gasteiger charge is -2.10. The molecule has 1 heterocycles. The SMILES string of the molecule is COc1ccc(/C=N\NC(=O)CSc2nnc(-c3ccc(OC)cc3)n2-c2ccccc2)cc1. The number of nitrogens with zero attached hydrogens (tertiary/aromatic N) is 4. The maximum absolute atomic E-state index is 12.4. The average Bonchev–Trinajstić information content (AvgIpc) is 3.32. The van der Waals surface area contributed by atoms with E-state index in [0.29, 0.717) is 11.0 Å². The Balaban J connectivity index is 1.47. The number of carbonyl (C=O) groups is 1. The number of amides is 1. The molecule has 0 unspecified atom stereocenters. The lowest BCUT2D eigenvalue weighted by Crippen LogP contribution is -2.20. The molecule has 172 valence electrons. The van der Waals surface area contributed by atoms with Crippen LogP contribution in [0.2, 0.25) is 0 Å². The topological polar surface area (TPSA) is 90.6 Å². The van der Waals surface area contributed by atoms with Crippen molar-refractivity contribution < 1.29 is 14.3 Å². The predicted octanol–water partition coefficient (Wildman–Crippen LogP) is 4.19. The van der Waals surface area contributed by atoms with Crippen LogP contribution < -0.4 is 14.9 Å². The molecule has 1 aromatic heterocycles. The molecule has 0 aliphatic heterocycles. The maximum Gasteiger partial charge on any atom is 0.250 e. The molecule has 0 spiro atoms. The summed E-state index contributed by atoms with van der Waals surface area (Å²) in [6.07, 6.45) is 1.58. The fraction of sp³-hybridized carbons (Fsp3) is 0.120. The summed E-state index contributed by atoms with van der Waals surface area (Å²) in [7, 11) is 3.24. The summed E-state index contributed by atoms with van der Waals surface area (Å²) in [5, 5.41) is 13.4. The summed E-state index contributed by atoms with van der Waals surface area (Å²) in [5.74, 6) is 2.08. The predicted molar refractivity (Wildman–Crippen MR) is 133 cm³/mol. The molecule has 0 bridgehead atoms. The monoisotopic (exact) mass is 473 g/mol. The van der Waals surface area contributed by atoms with E-state index in [-0.39, 0.29) is 11.7 Å². The number of benzene rings is 3. The van der Waals surface area contributed by atoms with Gasteiger partial charge in [-0.2, -0.15) is 5.10 Å². The first-order chi connectivity index (χ1) is 16.7. The Labute approximate surface area is 201 Å². The molecule has 0 aliphatic carbocycles. The summed E-state index contributed by atoms with van der Waals surface area (Å²) in [6.45, 7) is 0. The highest BCUT2D eigenvalue weighted by atomic mass is 32.2. The van der Waals surface area contributed by atoms with Gasteiger partial charge in [0.05, 0.1) is 26.2 Å². The molecule has 0 saturated heterocycles. The molecule has 0 radical (unpaired) electrons. The molecule has 4 aromatic rings. The fourth-order valence-corrected chi connectivity index (χ4v) is 3.88. The number of rotatable bonds is 9. The van der Waals surface area contributed by atoms with Crippen LogP contribution in [-0.2, 0) is 4.79 Å². The van der Waals surface area contributed by atoms with Crippen LogP contribution in [0.4, 0.5) is 0 Å². The number of ether oxygens (including phenoxy) is 2. The smallest absolute Gasteiger partial charge is 0.250 e. The average molecular weight is 474 g/mol. The molecule has 8 nitrogen and oxygen atoms in total. The molecule has 1 N–H and O–H groups in total. The minimum atomic E-state index is -0.247. The lowest BCUT2D eigenvalue weighted by atomic mass is 10.2. The number of hydrogen-bond donors (Lipinski definition) is 1. The van der Waals surface area contributed by atoms with Crippen LogP contribution in [0.5, 0.6) is 11.5 Å². The van der Waals surface area contributed by atoms with Gasteiger partial charge in [0.25, 0.3) is 5.91 Å². The number of nitrogens with one attached hydrogen (secondary N) is 1. The third kappa shape index (κ3) is 5.62. The second kappa shape index (κ2) is 11.2.